The molecular formula is C18H19NO5. The minimum atomic E-state index is -0.850. The van der Waals surface area contributed by atoms with Gasteiger partial charge in [0.15, 0.2) is 5.78 Å². The van der Waals surface area contributed by atoms with E-state index in [-0.39, 0.29) is 17.4 Å². The van der Waals surface area contributed by atoms with Crippen LogP contribution in [0, 0.1) is 15.5 Å². The summed E-state index contributed by atoms with van der Waals surface area (Å²) in [4.78, 5) is 35.5. The molecule has 3 rings (SSSR count). The van der Waals surface area contributed by atoms with Crippen LogP contribution < -0.4 is 0 Å². The summed E-state index contributed by atoms with van der Waals surface area (Å²) in [7, 11) is 1.35. The largest absolute Gasteiger partial charge is 0.468 e. The molecule has 24 heavy (non-hydrogen) atoms. The number of carbonyl (C=O) groups is 2. The molecule has 1 fully saturated rings. The Balaban J connectivity index is 2.21. The fourth-order valence-corrected chi connectivity index (χ4v) is 4.25. The lowest BCUT2D eigenvalue weighted by Gasteiger charge is -2.48. The lowest BCUT2D eigenvalue weighted by atomic mass is 9.54. The molecule has 0 saturated heterocycles. The first-order chi connectivity index (χ1) is 11.2. The van der Waals surface area contributed by atoms with E-state index in [1.54, 1.807) is 6.07 Å². The van der Waals surface area contributed by atoms with E-state index in [9.17, 15) is 19.7 Å². The van der Waals surface area contributed by atoms with Gasteiger partial charge < -0.3 is 4.74 Å². The number of methoxy groups -OCH3 is 1. The van der Waals surface area contributed by atoms with Gasteiger partial charge in [0.2, 0.25) is 0 Å². The van der Waals surface area contributed by atoms with E-state index in [1.165, 1.54) is 25.3 Å². The van der Waals surface area contributed by atoms with Crippen molar-refractivity contribution in [1.82, 2.24) is 0 Å². The van der Waals surface area contributed by atoms with Crippen LogP contribution in [0.5, 0.6) is 0 Å². The average molecular weight is 329 g/mol. The number of hydrogen-bond acceptors (Lipinski definition) is 5. The van der Waals surface area contributed by atoms with Gasteiger partial charge in [-0.05, 0) is 37.0 Å². The third kappa shape index (κ3) is 2.09. The number of hydrogen-bond donors (Lipinski definition) is 0. The second-order valence-corrected chi connectivity index (χ2v) is 6.92. The molecule has 2 aliphatic rings. The van der Waals surface area contributed by atoms with Gasteiger partial charge in [-0.1, -0.05) is 19.4 Å². The van der Waals surface area contributed by atoms with E-state index in [4.69, 9.17) is 4.74 Å². The molecule has 0 bridgehead atoms. The van der Waals surface area contributed by atoms with Crippen molar-refractivity contribution in [3.63, 3.8) is 0 Å². The van der Waals surface area contributed by atoms with Crippen molar-refractivity contribution in [2.75, 3.05) is 7.11 Å². The van der Waals surface area contributed by atoms with Crippen LogP contribution in [0.25, 0.3) is 0 Å². The van der Waals surface area contributed by atoms with Gasteiger partial charge in [-0.15, -0.1) is 0 Å². The molecule has 0 heterocycles. The van der Waals surface area contributed by atoms with Gasteiger partial charge in [0.1, 0.15) is 0 Å². The van der Waals surface area contributed by atoms with E-state index in [2.05, 4.69) is 0 Å². The maximum atomic E-state index is 12.6. The first-order valence-electron chi connectivity index (χ1n) is 7.88. The Morgan fingerprint density at radius 2 is 2.00 bits per heavy atom. The van der Waals surface area contributed by atoms with E-state index in [0.717, 1.165) is 24.0 Å². The topological polar surface area (TPSA) is 86.5 Å². The minimum absolute atomic E-state index is 0.103. The number of fused-ring (bicyclic) bond motifs is 3. The second kappa shape index (κ2) is 5.26. The molecule has 1 aromatic rings. The van der Waals surface area contributed by atoms with Gasteiger partial charge in [0.25, 0.3) is 5.69 Å². The molecule has 0 aliphatic heterocycles. The van der Waals surface area contributed by atoms with Gasteiger partial charge >= 0.3 is 5.97 Å². The maximum absolute atomic E-state index is 12.6. The molecule has 2 atom stereocenters. The molecule has 6 heteroatoms. The summed E-state index contributed by atoms with van der Waals surface area (Å²) in [5, 5.41) is 11.0. The number of rotatable bonds is 2. The molecule has 0 amide bonds. The van der Waals surface area contributed by atoms with Crippen molar-refractivity contribution in [3.05, 3.63) is 51.1 Å². The van der Waals surface area contributed by atoms with Crippen LogP contribution in [0.15, 0.2) is 29.8 Å². The molecule has 2 aliphatic carbocycles. The summed E-state index contributed by atoms with van der Waals surface area (Å²) in [5.41, 5.74) is 0.403. The van der Waals surface area contributed by atoms with E-state index in [1.807, 2.05) is 13.8 Å². The second-order valence-electron chi connectivity index (χ2n) is 6.92. The Labute approximate surface area is 139 Å². The number of ether oxygens (including phenoxy) is 1. The van der Waals surface area contributed by atoms with Crippen LogP contribution >= 0.6 is 0 Å². The molecule has 0 radical (unpaired) electrons. The number of nitro benzene ring substituents is 1. The summed E-state index contributed by atoms with van der Waals surface area (Å²) < 4.78 is 4.98. The molecule has 0 spiro atoms. The van der Waals surface area contributed by atoms with Gasteiger partial charge in [-0.2, -0.15) is 0 Å². The van der Waals surface area contributed by atoms with Crippen LogP contribution in [0.1, 0.15) is 49.0 Å². The van der Waals surface area contributed by atoms with Gasteiger partial charge in [-0.25, -0.2) is 0 Å². The van der Waals surface area contributed by atoms with E-state index >= 15 is 0 Å². The monoisotopic (exact) mass is 329 g/mol. The number of benzene rings is 1. The fourth-order valence-electron chi connectivity index (χ4n) is 4.25. The minimum Gasteiger partial charge on any atom is -0.468 e. The van der Waals surface area contributed by atoms with Crippen molar-refractivity contribution in [2.45, 2.75) is 38.5 Å². The zero-order valence-electron chi connectivity index (χ0n) is 13.9. The lowest BCUT2D eigenvalue weighted by molar-refractivity contribution is -0.384. The normalized spacial score (nSPS) is 28.5. The number of carbonyl (C=O) groups excluding carboxylic acids is 2. The fraction of sp³-hybridized carbons (Fsp3) is 0.444. The highest BCUT2D eigenvalue weighted by Crippen LogP contribution is 2.55. The van der Waals surface area contributed by atoms with Gasteiger partial charge in [-0.3, -0.25) is 19.7 Å². The molecular weight excluding hydrogens is 310 g/mol. The zero-order valence-corrected chi connectivity index (χ0v) is 13.9. The quantitative estimate of drug-likeness (QED) is 0.472. The maximum Gasteiger partial charge on any atom is 0.315 e. The number of nitrogens with zero attached hydrogens (tertiary/aromatic N) is 1. The highest BCUT2D eigenvalue weighted by atomic mass is 16.6. The highest BCUT2D eigenvalue weighted by Gasteiger charge is 2.52. The van der Waals surface area contributed by atoms with Gasteiger partial charge in [0, 0.05) is 23.1 Å². The predicted molar refractivity (Wildman–Crippen MR) is 86.8 cm³/mol. The summed E-state index contributed by atoms with van der Waals surface area (Å²) in [5.74, 6) is -0.643. The number of esters is 1. The lowest BCUT2D eigenvalue weighted by Crippen LogP contribution is -2.46. The summed E-state index contributed by atoms with van der Waals surface area (Å²) in [6, 6.07) is 4.41. The van der Waals surface area contributed by atoms with Crippen molar-refractivity contribution in [2.24, 2.45) is 5.41 Å². The Kier molecular flexibility index (Phi) is 3.59. The number of non-ortho nitro benzene ring substituents is 1. The van der Waals surface area contributed by atoms with Gasteiger partial charge in [0.05, 0.1) is 17.4 Å². The third-order valence-electron chi connectivity index (χ3n) is 5.53. The molecule has 1 saturated carbocycles. The number of ketones is 1. The SMILES string of the molecule is COC(=O)C1(C)CCC[C@]2(C)C1=CC(=O)c1cc([N+](=O)[O-])ccc12. The Hall–Kier alpha value is -2.50. The Bertz CT molecular complexity index is 797. The highest BCUT2D eigenvalue weighted by molar-refractivity contribution is 6.09. The molecule has 1 aromatic carbocycles. The molecule has 6 nitrogen and oxygen atoms in total. The van der Waals surface area contributed by atoms with Crippen LogP contribution in [-0.4, -0.2) is 23.8 Å². The van der Waals surface area contributed by atoms with Crippen LogP contribution in [0.2, 0.25) is 0 Å². The van der Waals surface area contributed by atoms with E-state index < -0.39 is 15.8 Å². The van der Waals surface area contributed by atoms with Crippen LogP contribution in [0.4, 0.5) is 5.69 Å². The first-order valence-corrected chi connectivity index (χ1v) is 7.88. The van der Waals surface area contributed by atoms with Crippen LogP contribution in [0.3, 0.4) is 0 Å². The molecule has 0 N–H and O–H groups in total. The van der Waals surface area contributed by atoms with Crippen molar-refractivity contribution < 1.29 is 19.2 Å². The smallest absolute Gasteiger partial charge is 0.315 e. The van der Waals surface area contributed by atoms with E-state index in [0.29, 0.717) is 12.0 Å². The Morgan fingerprint density at radius 1 is 1.29 bits per heavy atom. The molecule has 126 valence electrons. The number of nitro groups is 1. The van der Waals surface area contributed by atoms with Crippen molar-refractivity contribution in [3.8, 4) is 0 Å². The molecule has 0 aromatic heterocycles. The summed E-state index contributed by atoms with van der Waals surface area (Å²) in [6.45, 7) is 3.81. The first kappa shape index (κ1) is 16.4. The number of allylic oxidation sites excluding steroid dienone is 1. The van der Waals surface area contributed by atoms with Crippen molar-refractivity contribution >= 4 is 17.4 Å². The summed E-state index contributed by atoms with van der Waals surface area (Å²) >= 11 is 0. The zero-order chi connectivity index (χ0) is 17.7. The van der Waals surface area contributed by atoms with Crippen LogP contribution in [-0.2, 0) is 14.9 Å². The molecule has 1 unspecified atom stereocenters. The summed E-state index contributed by atoms with van der Waals surface area (Å²) in [6.07, 6.45) is 3.70. The Morgan fingerprint density at radius 3 is 2.62 bits per heavy atom. The van der Waals surface area contributed by atoms with Crippen molar-refractivity contribution in [1.29, 1.82) is 0 Å². The predicted octanol–water partition coefficient (Wildman–Crippen LogP) is 3.34. The standard InChI is InChI=1S/C18H19NO5/c1-17-7-4-8-18(2,16(21)24-3)15(17)10-14(20)12-9-11(19(22)23)5-6-13(12)17/h5-6,9-10H,4,7-8H2,1-3H3/t17-,18?/m0/s1. The third-order valence-corrected chi connectivity index (χ3v) is 5.53. The average Bonchev–Trinajstić information content (AvgIpc) is 2.56.